The Kier molecular flexibility index (Phi) is 7.33. The van der Waals surface area contributed by atoms with Gasteiger partial charge in [0, 0.05) is 29.1 Å². The maximum atomic E-state index is 13.5. The number of ether oxygens (including phenoxy) is 2. The van der Waals surface area contributed by atoms with Gasteiger partial charge in [0.25, 0.3) is 5.56 Å². The molecule has 0 bridgehead atoms. The third-order valence-corrected chi connectivity index (χ3v) is 5.63. The molecule has 4 aromatic rings. The zero-order valence-electron chi connectivity index (χ0n) is 21.1. The number of pyridine rings is 1. The van der Waals surface area contributed by atoms with Crippen LogP contribution < -0.4 is 10.9 Å². The molecule has 0 aliphatic carbocycles. The minimum absolute atomic E-state index is 0.0130. The van der Waals surface area contributed by atoms with Crippen molar-refractivity contribution < 1.29 is 19.1 Å². The summed E-state index contributed by atoms with van der Waals surface area (Å²) in [5.74, 6) is -1.38. The number of carbonyl (C=O) groups excluding carboxylic acids is 2. The van der Waals surface area contributed by atoms with Gasteiger partial charge in [-0.1, -0.05) is 54.6 Å². The van der Waals surface area contributed by atoms with Gasteiger partial charge in [-0.2, -0.15) is 5.10 Å². The molecule has 1 N–H and O–H groups in total. The lowest BCUT2D eigenvalue weighted by atomic mass is 9.98. The van der Waals surface area contributed by atoms with Crippen LogP contribution in [0.25, 0.3) is 22.0 Å². The van der Waals surface area contributed by atoms with E-state index in [2.05, 4.69) is 15.4 Å². The first-order valence-corrected chi connectivity index (χ1v) is 11.9. The number of benzene rings is 2. The van der Waals surface area contributed by atoms with Gasteiger partial charge in [0.15, 0.2) is 0 Å². The standard InChI is InChI=1S/C28H28N4O5/c1-5-32-25(33)24(30-21-16-29-15-19-13-9-10-14-20(19)21)22(23(31-32)18-11-7-6-8-12-18)26(34)36-17-37-27(35)28(2,3)4/h6-16,30H,5,17H2,1-4H3. The Hall–Kier alpha value is -4.53. The summed E-state index contributed by atoms with van der Waals surface area (Å²) >= 11 is 0. The fourth-order valence-electron chi connectivity index (χ4n) is 3.67. The maximum Gasteiger partial charge on any atom is 0.345 e. The minimum atomic E-state index is -0.857. The molecule has 0 spiro atoms. The van der Waals surface area contributed by atoms with Crippen molar-refractivity contribution in [3.8, 4) is 11.3 Å². The van der Waals surface area contributed by atoms with E-state index in [0.29, 0.717) is 11.3 Å². The first-order valence-electron chi connectivity index (χ1n) is 11.9. The number of anilines is 2. The van der Waals surface area contributed by atoms with Crippen LogP contribution in [0.1, 0.15) is 38.1 Å². The van der Waals surface area contributed by atoms with Crippen LogP contribution in [-0.2, 0) is 20.8 Å². The molecule has 0 fully saturated rings. The molecule has 37 heavy (non-hydrogen) atoms. The quantitative estimate of drug-likeness (QED) is 0.281. The van der Waals surface area contributed by atoms with Crippen LogP contribution in [-0.4, -0.2) is 33.5 Å². The van der Waals surface area contributed by atoms with Crippen LogP contribution in [0, 0.1) is 5.41 Å². The maximum absolute atomic E-state index is 13.5. The summed E-state index contributed by atoms with van der Waals surface area (Å²) in [4.78, 5) is 43.3. The molecule has 2 heterocycles. The second-order valence-corrected chi connectivity index (χ2v) is 9.35. The van der Waals surface area contributed by atoms with Gasteiger partial charge in [-0.25, -0.2) is 9.48 Å². The smallest absolute Gasteiger partial charge is 0.345 e. The highest BCUT2D eigenvalue weighted by molar-refractivity contribution is 6.04. The van der Waals surface area contributed by atoms with Crippen molar-refractivity contribution in [2.24, 2.45) is 5.41 Å². The van der Waals surface area contributed by atoms with Gasteiger partial charge in [0.2, 0.25) is 6.79 Å². The summed E-state index contributed by atoms with van der Waals surface area (Å²) in [6, 6.07) is 16.6. The Morgan fingerprint density at radius 2 is 1.68 bits per heavy atom. The first kappa shape index (κ1) is 25.6. The van der Waals surface area contributed by atoms with Crippen molar-refractivity contribution in [2.45, 2.75) is 34.2 Å². The lowest BCUT2D eigenvalue weighted by Gasteiger charge is -2.19. The molecular weight excluding hydrogens is 472 g/mol. The van der Waals surface area contributed by atoms with Gasteiger partial charge < -0.3 is 14.8 Å². The van der Waals surface area contributed by atoms with Crippen molar-refractivity contribution in [2.75, 3.05) is 12.1 Å². The number of esters is 2. The first-order chi connectivity index (χ1) is 17.7. The Balaban J connectivity index is 1.84. The zero-order valence-corrected chi connectivity index (χ0v) is 21.1. The fraction of sp³-hybridized carbons (Fsp3) is 0.250. The predicted molar refractivity (Wildman–Crippen MR) is 140 cm³/mol. The second kappa shape index (κ2) is 10.6. The Morgan fingerprint density at radius 3 is 2.38 bits per heavy atom. The number of hydrogen-bond acceptors (Lipinski definition) is 8. The van der Waals surface area contributed by atoms with E-state index in [-0.39, 0.29) is 23.5 Å². The molecule has 9 heteroatoms. The molecule has 0 atom stereocenters. The molecule has 2 aromatic heterocycles. The Morgan fingerprint density at radius 1 is 0.973 bits per heavy atom. The number of nitrogens with one attached hydrogen (secondary N) is 1. The van der Waals surface area contributed by atoms with Crippen LogP contribution in [0.15, 0.2) is 71.8 Å². The van der Waals surface area contributed by atoms with Gasteiger partial charge in [0.1, 0.15) is 16.9 Å². The zero-order chi connectivity index (χ0) is 26.6. The summed E-state index contributed by atoms with van der Waals surface area (Å²) in [6.45, 7) is 6.54. The van der Waals surface area contributed by atoms with Crippen LogP contribution in [0.4, 0.5) is 11.4 Å². The molecular formula is C28H28N4O5. The summed E-state index contributed by atoms with van der Waals surface area (Å²) in [7, 11) is 0. The van der Waals surface area contributed by atoms with E-state index in [4.69, 9.17) is 9.47 Å². The lowest BCUT2D eigenvalue weighted by molar-refractivity contribution is -0.161. The van der Waals surface area contributed by atoms with E-state index in [1.807, 2.05) is 30.3 Å². The summed E-state index contributed by atoms with van der Waals surface area (Å²) < 4.78 is 11.7. The number of nitrogens with zero attached hydrogens (tertiary/aromatic N) is 3. The topological polar surface area (TPSA) is 112 Å². The molecule has 0 amide bonds. The molecule has 0 saturated heterocycles. The second-order valence-electron chi connectivity index (χ2n) is 9.35. The highest BCUT2D eigenvalue weighted by atomic mass is 16.7. The summed E-state index contributed by atoms with van der Waals surface area (Å²) in [6.07, 6.45) is 3.30. The summed E-state index contributed by atoms with van der Waals surface area (Å²) in [5.41, 5.74) is 0.0535. The van der Waals surface area contributed by atoms with Gasteiger partial charge >= 0.3 is 11.9 Å². The predicted octanol–water partition coefficient (Wildman–Crippen LogP) is 4.93. The Bertz CT molecular complexity index is 1500. The van der Waals surface area contributed by atoms with Gasteiger partial charge in [-0.05, 0) is 27.7 Å². The highest BCUT2D eigenvalue weighted by Gasteiger charge is 2.28. The molecule has 190 valence electrons. The summed E-state index contributed by atoms with van der Waals surface area (Å²) in [5, 5.41) is 9.27. The number of aryl methyl sites for hydroxylation is 1. The Labute approximate surface area is 214 Å². The molecule has 9 nitrogen and oxygen atoms in total. The highest BCUT2D eigenvalue weighted by Crippen LogP contribution is 2.30. The number of carbonyl (C=O) groups is 2. The van der Waals surface area contributed by atoms with E-state index in [0.717, 1.165) is 10.8 Å². The van der Waals surface area contributed by atoms with E-state index < -0.39 is 29.7 Å². The van der Waals surface area contributed by atoms with Gasteiger partial charge in [-0.3, -0.25) is 14.6 Å². The number of aromatic nitrogens is 3. The monoisotopic (exact) mass is 500 g/mol. The average Bonchev–Trinajstić information content (AvgIpc) is 2.89. The van der Waals surface area contributed by atoms with Crippen molar-refractivity contribution in [3.05, 3.63) is 82.9 Å². The normalized spacial score (nSPS) is 11.2. The molecule has 4 rings (SSSR count). The van der Waals surface area contributed by atoms with E-state index in [1.165, 1.54) is 4.68 Å². The van der Waals surface area contributed by atoms with Crippen LogP contribution in [0.2, 0.25) is 0 Å². The molecule has 0 aliphatic rings. The van der Waals surface area contributed by atoms with Crippen LogP contribution in [0.5, 0.6) is 0 Å². The van der Waals surface area contributed by atoms with Crippen LogP contribution >= 0.6 is 0 Å². The van der Waals surface area contributed by atoms with Crippen molar-refractivity contribution >= 4 is 34.1 Å². The number of fused-ring (bicyclic) bond motifs is 1. The minimum Gasteiger partial charge on any atom is -0.427 e. The lowest BCUT2D eigenvalue weighted by Crippen LogP contribution is -2.30. The number of hydrogen-bond donors (Lipinski definition) is 1. The molecule has 0 aliphatic heterocycles. The molecule has 0 radical (unpaired) electrons. The van der Waals surface area contributed by atoms with Gasteiger partial charge in [0.05, 0.1) is 17.3 Å². The van der Waals surface area contributed by atoms with E-state index in [1.54, 1.807) is 64.4 Å². The average molecular weight is 501 g/mol. The third kappa shape index (κ3) is 5.50. The van der Waals surface area contributed by atoms with E-state index in [9.17, 15) is 14.4 Å². The molecule has 0 saturated carbocycles. The van der Waals surface area contributed by atoms with E-state index >= 15 is 0 Å². The SMILES string of the molecule is CCn1nc(-c2ccccc2)c(C(=O)OCOC(=O)C(C)(C)C)c(Nc2cncc3ccccc23)c1=O. The van der Waals surface area contributed by atoms with Crippen molar-refractivity contribution in [1.82, 2.24) is 14.8 Å². The van der Waals surface area contributed by atoms with Crippen LogP contribution in [0.3, 0.4) is 0 Å². The molecule has 0 unspecified atom stereocenters. The number of rotatable bonds is 7. The van der Waals surface area contributed by atoms with Gasteiger partial charge in [-0.15, -0.1) is 0 Å². The third-order valence-electron chi connectivity index (χ3n) is 5.63. The molecule has 2 aromatic carbocycles. The largest absolute Gasteiger partial charge is 0.427 e. The van der Waals surface area contributed by atoms with Crippen molar-refractivity contribution in [3.63, 3.8) is 0 Å². The van der Waals surface area contributed by atoms with Crippen molar-refractivity contribution in [1.29, 1.82) is 0 Å². The fourth-order valence-corrected chi connectivity index (χ4v) is 3.67.